The molecular weight excluding hydrogens is 343 g/mol. The molecule has 2 nitrogen and oxygen atoms in total. The highest BCUT2D eigenvalue weighted by atomic mass is 79.9. The summed E-state index contributed by atoms with van der Waals surface area (Å²) in [6, 6.07) is 7.10. The van der Waals surface area contributed by atoms with E-state index < -0.39 is 5.82 Å². The van der Waals surface area contributed by atoms with Crippen molar-refractivity contribution in [1.82, 2.24) is 10.3 Å². The second kappa shape index (κ2) is 6.66. The molecule has 1 atom stereocenters. The van der Waals surface area contributed by atoms with Crippen LogP contribution in [0.1, 0.15) is 29.8 Å². The number of nitrogens with zero attached hydrogens (tertiary/aromatic N) is 1. The van der Waals surface area contributed by atoms with Gasteiger partial charge in [-0.25, -0.2) is 4.39 Å². The van der Waals surface area contributed by atoms with Gasteiger partial charge in [-0.05, 0) is 53.2 Å². The third-order valence-electron chi connectivity index (χ3n) is 3.04. The fourth-order valence-corrected chi connectivity index (χ4v) is 2.60. The second-order valence-corrected chi connectivity index (χ2v) is 5.72. The Bertz CT molecular complexity index is 619. The minimum atomic E-state index is -0.401. The molecule has 0 bridgehead atoms. The van der Waals surface area contributed by atoms with Crippen molar-refractivity contribution in [1.29, 1.82) is 0 Å². The minimum Gasteiger partial charge on any atom is -0.306 e. The van der Waals surface area contributed by atoms with E-state index in [1.54, 1.807) is 18.3 Å². The van der Waals surface area contributed by atoms with Crippen molar-refractivity contribution in [2.24, 2.45) is 0 Å². The first-order chi connectivity index (χ1) is 9.54. The van der Waals surface area contributed by atoms with Crippen LogP contribution < -0.4 is 5.32 Å². The van der Waals surface area contributed by atoms with Crippen LogP contribution in [0.5, 0.6) is 0 Å². The Morgan fingerprint density at radius 1 is 1.40 bits per heavy atom. The van der Waals surface area contributed by atoms with E-state index in [4.69, 9.17) is 11.6 Å². The molecule has 1 aromatic carbocycles. The Morgan fingerprint density at radius 2 is 2.15 bits per heavy atom. The molecular formula is C15H15BrClFN2. The number of rotatable bonds is 4. The summed E-state index contributed by atoms with van der Waals surface area (Å²) in [6.45, 7) is 4.62. The molecule has 0 aliphatic carbocycles. The van der Waals surface area contributed by atoms with E-state index in [2.05, 4.69) is 26.2 Å². The number of benzene rings is 1. The maximum absolute atomic E-state index is 14.4. The van der Waals surface area contributed by atoms with Crippen LogP contribution in [0.3, 0.4) is 0 Å². The van der Waals surface area contributed by atoms with Gasteiger partial charge in [-0.3, -0.25) is 4.98 Å². The molecule has 0 saturated heterocycles. The van der Waals surface area contributed by atoms with Gasteiger partial charge in [-0.2, -0.15) is 0 Å². The van der Waals surface area contributed by atoms with E-state index >= 15 is 0 Å². The van der Waals surface area contributed by atoms with Crippen molar-refractivity contribution in [3.63, 3.8) is 0 Å². The fraction of sp³-hybridized carbons (Fsp3) is 0.267. The maximum atomic E-state index is 14.4. The minimum absolute atomic E-state index is 0.108. The lowest BCUT2D eigenvalue weighted by Gasteiger charge is -2.20. The van der Waals surface area contributed by atoms with E-state index in [1.807, 2.05) is 26.0 Å². The Balaban J connectivity index is 2.51. The molecule has 106 valence electrons. The van der Waals surface area contributed by atoms with Gasteiger partial charge in [-0.1, -0.05) is 24.6 Å². The second-order valence-electron chi connectivity index (χ2n) is 4.49. The lowest BCUT2D eigenvalue weighted by atomic mass is 9.98. The summed E-state index contributed by atoms with van der Waals surface area (Å²) in [6.07, 6.45) is 1.73. The van der Waals surface area contributed by atoms with Gasteiger partial charge in [0, 0.05) is 21.9 Å². The first-order valence-corrected chi connectivity index (χ1v) is 7.51. The molecule has 0 aliphatic rings. The maximum Gasteiger partial charge on any atom is 0.148 e. The van der Waals surface area contributed by atoms with Gasteiger partial charge in [0.2, 0.25) is 0 Å². The molecule has 2 rings (SSSR count). The van der Waals surface area contributed by atoms with Gasteiger partial charge >= 0.3 is 0 Å². The van der Waals surface area contributed by atoms with Crippen LogP contribution >= 0.6 is 27.5 Å². The third-order valence-corrected chi connectivity index (χ3v) is 4.30. The van der Waals surface area contributed by atoms with Crippen LogP contribution in [0.4, 0.5) is 4.39 Å². The molecule has 5 heteroatoms. The first-order valence-electron chi connectivity index (χ1n) is 6.34. The van der Waals surface area contributed by atoms with Gasteiger partial charge in [0.1, 0.15) is 5.82 Å². The number of hydrogen-bond donors (Lipinski definition) is 1. The number of pyridine rings is 1. The van der Waals surface area contributed by atoms with Gasteiger partial charge in [0.15, 0.2) is 0 Å². The van der Waals surface area contributed by atoms with Crippen LogP contribution in [0.15, 0.2) is 34.9 Å². The average Bonchev–Trinajstić information content (AvgIpc) is 2.43. The molecule has 1 unspecified atom stereocenters. The molecule has 1 heterocycles. The van der Waals surface area contributed by atoms with E-state index in [9.17, 15) is 4.39 Å². The molecule has 0 spiro atoms. The number of aryl methyl sites for hydroxylation is 1. The van der Waals surface area contributed by atoms with Gasteiger partial charge < -0.3 is 5.32 Å². The standard InChI is InChI=1S/C15H15BrClFN2/c1-3-19-15(10-6-7-20-9(2)8-10)11-4-5-12(16)13(17)14(11)18/h4-8,15,19H,3H2,1-2H3. The van der Waals surface area contributed by atoms with Crippen LogP contribution in [0.2, 0.25) is 5.02 Å². The van der Waals surface area contributed by atoms with Crippen molar-refractivity contribution in [3.8, 4) is 0 Å². The van der Waals surface area contributed by atoms with Gasteiger partial charge in [-0.15, -0.1) is 0 Å². The summed E-state index contributed by atoms with van der Waals surface area (Å²) in [5.41, 5.74) is 2.40. The summed E-state index contributed by atoms with van der Waals surface area (Å²) < 4.78 is 15.0. The van der Waals surface area contributed by atoms with Crippen LogP contribution in [0, 0.1) is 12.7 Å². The van der Waals surface area contributed by atoms with E-state index in [0.29, 0.717) is 10.0 Å². The Morgan fingerprint density at radius 3 is 2.80 bits per heavy atom. The summed E-state index contributed by atoms with van der Waals surface area (Å²) in [5, 5.41) is 3.40. The average molecular weight is 358 g/mol. The van der Waals surface area contributed by atoms with E-state index in [1.165, 1.54) is 0 Å². The zero-order valence-corrected chi connectivity index (χ0v) is 13.6. The van der Waals surface area contributed by atoms with Gasteiger partial charge in [0.25, 0.3) is 0 Å². The third kappa shape index (κ3) is 3.19. The topological polar surface area (TPSA) is 24.9 Å². The van der Waals surface area contributed by atoms with Gasteiger partial charge in [0.05, 0.1) is 11.1 Å². The van der Waals surface area contributed by atoms with Crippen LogP contribution in [-0.4, -0.2) is 11.5 Å². The van der Waals surface area contributed by atoms with Crippen molar-refractivity contribution >= 4 is 27.5 Å². The monoisotopic (exact) mass is 356 g/mol. The molecule has 2 aromatic rings. The van der Waals surface area contributed by atoms with Crippen molar-refractivity contribution in [2.45, 2.75) is 19.9 Å². The van der Waals surface area contributed by atoms with Crippen LogP contribution in [-0.2, 0) is 0 Å². The largest absolute Gasteiger partial charge is 0.306 e. The Kier molecular flexibility index (Phi) is 5.13. The predicted octanol–water partition coefficient (Wildman–Crippen LogP) is 4.64. The molecule has 1 N–H and O–H groups in total. The SMILES string of the molecule is CCNC(c1ccnc(C)c1)c1ccc(Br)c(Cl)c1F. The lowest BCUT2D eigenvalue weighted by molar-refractivity contribution is 0.558. The van der Waals surface area contributed by atoms with E-state index in [-0.39, 0.29) is 11.1 Å². The first kappa shape index (κ1) is 15.4. The molecule has 20 heavy (non-hydrogen) atoms. The normalized spacial score (nSPS) is 12.4. The highest BCUT2D eigenvalue weighted by Crippen LogP contribution is 2.32. The summed E-state index contributed by atoms with van der Waals surface area (Å²) in [5.74, 6) is -0.401. The van der Waals surface area contributed by atoms with Crippen molar-refractivity contribution in [2.75, 3.05) is 6.54 Å². The predicted molar refractivity (Wildman–Crippen MR) is 83.6 cm³/mol. The quantitative estimate of drug-likeness (QED) is 0.806. The molecule has 0 aliphatic heterocycles. The zero-order chi connectivity index (χ0) is 14.7. The number of halogens is 3. The van der Waals surface area contributed by atoms with E-state index in [0.717, 1.165) is 17.8 Å². The molecule has 0 fully saturated rings. The van der Waals surface area contributed by atoms with Crippen LogP contribution in [0.25, 0.3) is 0 Å². The smallest absolute Gasteiger partial charge is 0.148 e. The Hall–Kier alpha value is -0.970. The molecule has 0 saturated carbocycles. The summed E-state index contributed by atoms with van der Waals surface area (Å²) in [4.78, 5) is 4.18. The highest BCUT2D eigenvalue weighted by molar-refractivity contribution is 9.10. The summed E-state index contributed by atoms with van der Waals surface area (Å²) in [7, 11) is 0. The van der Waals surface area contributed by atoms with Crippen molar-refractivity contribution < 1.29 is 4.39 Å². The number of hydrogen-bond acceptors (Lipinski definition) is 2. The Labute approximate surface area is 131 Å². The molecule has 0 amide bonds. The lowest BCUT2D eigenvalue weighted by Crippen LogP contribution is -2.23. The highest BCUT2D eigenvalue weighted by Gasteiger charge is 2.20. The zero-order valence-electron chi connectivity index (χ0n) is 11.3. The number of aromatic nitrogens is 1. The van der Waals surface area contributed by atoms with Crippen molar-refractivity contribution in [3.05, 3.63) is 62.6 Å². The molecule has 0 radical (unpaired) electrons. The summed E-state index contributed by atoms with van der Waals surface area (Å²) >= 11 is 9.22. The molecule has 1 aromatic heterocycles. The fourth-order valence-electron chi connectivity index (χ4n) is 2.12. The number of nitrogens with one attached hydrogen (secondary N) is 1.